The zero-order valence-corrected chi connectivity index (χ0v) is 20.3. The van der Waals surface area contributed by atoms with Crippen LogP contribution in [0.3, 0.4) is 0 Å². The molecule has 172 valence electrons. The lowest BCUT2D eigenvalue weighted by Crippen LogP contribution is -2.58. The summed E-state index contributed by atoms with van der Waals surface area (Å²) in [5, 5.41) is 8.07. The first-order valence-corrected chi connectivity index (χ1v) is 11.7. The smallest absolute Gasteiger partial charge is 0.140 e. The number of fused-ring (bicyclic) bond motifs is 1. The number of rotatable bonds is 6. The summed E-state index contributed by atoms with van der Waals surface area (Å²) in [5.41, 5.74) is 4.23. The SMILES string of the molecule is Cc1cccc(CN=C2Nc3cc(OCCN(C)C)c(Cl)cc3NC23CCN(C)CC3)c1. The third-order valence-corrected chi connectivity index (χ3v) is 6.59. The fourth-order valence-electron chi connectivity index (χ4n) is 4.31. The monoisotopic (exact) mass is 455 g/mol. The lowest BCUT2D eigenvalue weighted by molar-refractivity contribution is 0.240. The lowest BCUT2D eigenvalue weighted by Gasteiger charge is -2.46. The Kier molecular flexibility index (Phi) is 6.93. The van der Waals surface area contributed by atoms with Gasteiger partial charge in [-0.1, -0.05) is 41.4 Å². The van der Waals surface area contributed by atoms with E-state index in [1.807, 2.05) is 26.2 Å². The van der Waals surface area contributed by atoms with Crippen LogP contribution in [0.25, 0.3) is 0 Å². The Morgan fingerprint density at radius 3 is 2.66 bits per heavy atom. The van der Waals surface area contributed by atoms with Crippen molar-refractivity contribution in [2.75, 3.05) is 58.0 Å². The molecule has 0 atom stereocenters. The van der Waals surface area contributed by atoms with Gasteiger partial charge in [0.1, 0.15) is 18.2 Å². The predicted molar refractivity (Wildman–Crippen MR) is 135 cm³/mol. The Morgan fingerprint density at radius 2 is 1.94 bits per heavy atom. The molecule has 1 spiro atoms. The van der Waals surface area contributed by atoms with Gasteiger partial charge in [0.2, 0.25) is 0 Å². The summed E-state index contributed by atoms with van der Waals surface area (Å²) in [5.74, 6) is 1.69. The zero-order chi connectivity index (χ0) is 22.7. The second-order valence-corrected chi connectivity index (χ2v) is 9.68. The van der Waals surface area contributed by atoms with Crippen molar-refractivity contribution in [2.45, 2.75) is 31.8 Å². The average Bonchev–Trinajstić information content (AvgIpc) is 2.75. The number of piperidine rings is 1. The van der Waals surface area contributed by atoms with Gasteiger partial charge in [0, 0.05) is 25.7 Å². The second kappa shape index (κ2) is 9.69. The molecule has 4 rings (SSSR count). The van der Waals surface area contributed by atoms with E-state index in [9.17, 15) is 0 Å². The molecule has 0 unspecified atom stereocenters. The number of nitrogens with zero attached hydrogens (tertiary/aromatic N) is 3. The number of aliphatic imine (C=N–C) groups is 1. The van der Waals surface area contributed by atoms with E-state index < -0.39 is 0 Å². The molecule has 2 aromatic carbocycles. The quantitative estimate of drug-likeness (QED) is 0.672. The number of hydrogen-bond donors (Lipinski definition) is 2. The number of nitrogens with one attached hydrogen (secondary N) is 2. The first kappa shape index (κ1) is 22.9. The van der Waals surface area contributed by atoms with Crippen LogP contribution in [0.1, 0.15) is 24.0 Å². The lowest BCUT2D eigenvalue weighted by atomic mass is 9.84. The predicted octanol–water partition coefficient (Wildman–Crippen LogP) is 4.49. The summed E-state index contributed by atoms with van der Waals surface area (Å²) in [7, 11) is 6.23. The molecule has 2 aliphatic heterocycles. The van der Waals surface area contributed by atoms with Crippen molar-refractivity contribution in [1.82, 2.24) is 9.80 Å². The van der Waals surface area contributed by atoms with Crippen LogP contribution in [0.2, 0.25) is 5.02 Å². The third kappa shape index (κ3) is 5.20. The summed E-state index contributed by atoms with van der Waals surface area (Å²) in [6.07, 6.45) is 1.97. The molecule has 2 heterocycles. The second-order valence-electron chi connectivity index (χ2n) is 9.27. The van der Waals surface area contributed by atoms with Gasteiger partial charge in [0.15, 0.2) is 0 Å². The van der Waals surface area contributed by atoms with Crippen LogP contribution in [0.5, 0.6) is 5.75 Å². The number of halogens is 1. The minimum absolute atomic E-state index is 0.208. The number of anilines is 2. The van der Waals surface area contributed by atoms with Crippen molar-refractivity contribution < 1.29 is 4.74 Å². The van der Waals surface area contributed by atoms with Crippen LogP contribution < -0.4 is 15.4 Å². The van der Waals surface area contributed by atoms with Gasteiger partial charge in [-0.3, -0.25) is 4.99 Å². The van der Waals surface area contributed by atoms with Crippen LogP contribution in [0.4, 0.5) is 11.4 Å². The fraction of sp³-hybridized carbons (Fsp3) is 0.480. The molecule has 0 saturated carbocycles. The molecule has 0 amide bonds. The number of likely N-dealkylation sites (N-methyl/N-ethyl adjacent to an activating group) is 1. The Balaban J connectivity index is 1.62. The summed E-state index contributed by atoms with van der Waals surface area (Å²) < 4.78 is 5.95. The molecule has 0 bridgehead atoms. The highest BCUT2D eigenvalue weighted by molar-refractivity contribution is 6.32. The molecule has 2 aromatic rings. The number of benzene rings is 2. The van der Waals surface area contributed by atoms with E-state index in [1.165, 1.54) is 11.1 Å². The molecule has 0 aliphatic carbocycles. The van der Waals surface area contributed by atoms with Crippen LogP contribution in [-0.4, -0.2) is 68.6 Å². The van der Waals surface area contributed by atoms with Crippen LogP contribution in [0, 0.1) is 6.92 Å². The number of aryl methyl sites for hydroxylation is 1. The number of likely N-dealkylation sites (tertiary alicyclic amines) is 1. The Labute approximate surface area is 196 Å². The van der Waals surface area contributed by atoms with Crippen LogP contribution in [-0.2, 0) is 6.54 Å². The Hall–Kier alpha value is -2.28. The van der Waals surface area contributed by atoms with Crippen LogP contribution in [0.15, 0.2) is 41.4 Å². The van der Waals surface area contributed by atoms with E-state index in [-0.39, 0.29) is 5.54 Å². The van der Waals surface area contributed by atoms with E-state index in [0.717, 1.165) is 49.7 Å². The van der Waals surface area contributed by atoms with Gasteiger partial charge in [-0.25, -0.2) is 0 Å². The van der Waals surface area contributed by atoms with Gasteiger partial charge in [0.05, 0.1) is 28.5 Å². The number of ether oxygens (including phenoxy) is 1. The van der Waals surface area contributed by atoms with E-state index in [0.29, 0.717) is 23.9 Å². The van der Waals surface area contributed by atoms with Gasteiger partial charge in [-0.2, -0.15) is 0 Å². The summed E-state index contributed by atoms with van der Waals surface area (Å²) in [6.45, 7) is 6.23. The van der Waals surface area contributed by atoms with Crippen molar-refractivity contribution >= 4 is 28.8 Å². The fourth-order valence-corrected chi connectivity index (χ4v) is 4.53. The highest BCUT2D eigenvalue weighted by Gasteiger charge is 2.42. The minimum Gasteiger partial charge on any atom is -0.491 e. The van der Waals surface area contributed by atoms with E-state index in [2.05, 4.69) is 58.7 Å². The first-order valence-electron chi connectivity index (χ1n) is 11.3. The van der Waals surface area contributed by atoms with Gasteiger partial charge in [0.25, 0.3) is 0 Å². The molecule has 1 saturated heterocycles. The third-order valence-electron chi connectivity index (χ3n) is 6.29. The maximum atomic E-state index is 6.57. The molecular weight excluding hydrogens is 422 g/mol. The molecule has 6 nitrogen and oxygen atoms in total. The van der Waals surface area contributed by atoms with E-state index in [1.54, 1.807) is 0 Å². The van der Waals surface area contributed by atoms with E-state index >= 15 is 0 Å². The van der Waals surface area contributed by atoms with Gasteiger partial charge >= 0.3 is 0 Å². The van der Waals surface area contributed by atoms with Crippen molar-refractivity contribution in [2.24, 2.45) is 4.99 Å². The topological polar surface area (TPSA) is 52.1 Å². The average molecular weight is 456 g/mol. The molecule has 2 aliphatic rings. The highest BCUT2D eigenvalue weighted by Crippen LogP contribution is 2.42. The summed E-state index contributed by atoms with van der Waals surface area (Å²) in [6, 6.07) is 12.5. The molecular formula is C25H34ClN5O. The molecule has 0 radical (unpaired) electrons. The number of amidine groups is 1. The highest BCUT2D eigenvalue weighted by atomic mass is 35.5. The van der Waals surface area contributed by atoms with Crippen molar-refractivity contribution in [3.05, 3.63) is 52.5 Å². The van der Waals surface area contributed by atoms with Crippen molar-refractivity contribution in [3.8, 4) is 5.75 Å². The van der Waals surface area contributed by atoms with Crippen molar-refractivity contribution in [1.29, 1.82) is 0 Å². The summed E-state index contributed by atoms with van der Waals surface area (Å²) >= 11 is 6.57. The maximum Gasteiger partial charge on any atom is 0.140 e. The summed E-state index contributed by atoms with van der Waals surface area (Å²) in [4.78, 5) is 9.54. The standard InChI is InChI=1S/C25H34ClN5O/c1-18-6-5-7-19(14-18)17-27-24-25(8-10-31(4)11-9-25)29-22-15-20(26)23(16-21(22)28-24)32-13-12-30(2)3/h5-7,14-16,29H,8-13,17H2,1-4H3,(H,27,28). The molecule has 2 N–H and O–H groups in total. The minimum atomic E-state index is -0.208. The van der Waals surface area contributed by atoms with Crippen LogP contribution >= 0.6 is 11.6 Å². The molecule has 1 fully saturated rings. The largest absolute Gasteiger partial charge is 0.491 e. The molecule has 7 heteroatoms. The normalized spacial score (nSPS) is 19.0. The Bertz CT molecular complexity index is 982. The van der Waals surface area contributed by atoms with Gasteiger partial charge < -0.3 is 25.2 Å². The molecule has 0 aromatic heterocycles. The zero-order valence-electron chi connectivity index (χ0n) is 19.5. The van der Waals surface area contributed by atoms with E-state index in [4.69, 9.17) is 21.3 Å². The first-order chi connectivity index (χ1) is 15.3. The maximum absolute atomic E-state index is 6.57. The Morgan fingerprint density at radius 1 is 1.16 bits per heavy atom. The van der Waals surface area contributed by atoms with Gasteiger partial charge in [-0.05, 0) is 52.5 Å². The van der Waals surface area contributed by atoms with Crippen molar-refractivity contribution in [3.63, 3.8) is 0 Å². The number of hydrogen-bond acceptors (Lipinski definition) is 5. The molecule has 32 heavy (non-hydrogen) atoms. The van der Waals surface area contributed by atoms with Gasteiger partial charge in [-0.15, -0.1) is 0 Å².